The van der Waals surface area contributed by atoms with Gasteiger partial charge >= 0.3 is 0 Å². The zero-order valence-electron chi connectivity index (χ0n) is 14.8. The Balaban J connectivity index is 2.33. The summed E-state index contributed by atoms with van der Waals surface area (Å²) in [5.41, 5.74) is 1.87. The van der Waals surface area contributed by atoms with Crippen LogP contribution in [0.1, 0.15) is 40.2 Å². The number of anilines is 3. The fraction of sp³-hybridized carbons (Fsp3) is 0.421. The first-order valence-electron chi connectivity index (χ1n) is 8.06. The predicted molar refractivity (Wildman–Crippen MR) is 99.3 cm³/mol. The highest BCUT2D eigenvalue weighted by Crippen LogP contribution is 2.29. The molecule has 0 amide bonds. The molecule has 0 fully saturated rings. The van der Waals surface area contributed by atoms with Crippen LogP contribution in [0.4, 0.5) is 22.7 Å². The number of benzene rings is 1. The molecular formula is C19H23N3O2. The molecule has 0 radical (unpaired) electrons. The van der Waals surface area contributed by atoms with Gasteiger partial charge in [-0.3, -0.25) is 9.59 Å². The fourth-order valence-corrected chi connectivity index (χ4v) is 2.28. The number of nitrogens with one attached hydrogen (secondary N) is 2. The first-order chi connectivity index (χ1) is 11.2. The predicted octanol–water partition coefficient (Wildman–Crippen LogP) is 3.99. The van der Waals surface area contributed by atoms with Gasteiger partial charge in [0.1, 0.15) is 11.4 Å². The highest BCUT2D eigenvalue weighted by molar-refractivity contribution is 5.80. The highest BCUT2D eigenvalue weighted by Gasteiger charge is 2.27. The molecule has 2 aromatic rings. The Kier molecular flexibility index (Phi) is 4.79. The normalized spacial score (nSPS) is 12.7. The summed E-state index contributed by atoms with van der Waals surface area (Å²) in [6.45, 7) is 17.3. The molecule has 0 aromatic heterocycles. The molecule has 2 rings (SSSR count). The molecule has 0 spiro atoms. The van der Waals surface area contributed by atoms with Crippen molar-refractivity contribution in [3.63, 3.8) is 0 Å². The third kappa shape index (κ3) is 3.33. The summed E-state index contributed by atoms with van der Waals surface area (Å²) >= 11 is 0. The third-order valence-electron chi connectivity index (χ3n) is 4.43. The Morgan fingerprint density at radius 2 is 1.79 bits per heavy atom. The van der Waals surface area contributed by atoms with Crippen molar-refractivity contribution in [2.45, 2.75) is 47.1 Å². The van der Waals surface area contributed by atoms with Crippen molar-refractivity contribution in [3.8, 4) is 0 Å². The summed E-state index contributed by atoms with van der Waals surface area (Å²) < 4.78 is 0. The molecule has 2 N–H and O–H groups in total. The lowest BCUT2D eigenvalue weighted by atomic mass is 9.87. The van der Waals surface area contributed by atoms with Gasteiger partial charge in [0.25, 0.3) is 10.9 Å². The number of hydrogen-bond acceptors (Lipinski definition) is 4. The van der Waals surface area contributed by atoms with Crippen LogP contribution in [0.2, 0.25) is 0 Å². The van der Waals surface area contributed by atoms with Crippen LogP contribution in [0.3, 0.4) is 0 Å². The quantitative estimate of drug-likeness (QED) is 0.644. The standard InChI is InChI=1S/C19H23N3O2/c1-7-12-10-13(20-6)8-9-14(12)22-16-15(17(23)18(16)24)21-11(2)19(3,4)5/h8-11,21-22H,7H2,1-5H3. The van der Waals surface area contributed by atoms with Gasteiger partial charge in [0.05, 0.1) is 6.57 Å². The van der Waals surface area contributed by atoms with E-state index in [1.54, 1.807) is 18.2 Å². The lowest BCUT2D eigenvalue weighted by Gasteiger charge is -2.30. The smallest absolute Gasteiger partial charge is 0.253 e. The molecule has 5 heteroatoms. The second-order valence-corrected chi connectivity index (χ2v) is 7.07. The molecule has 2 aromatic carbocycles. The van der Waals surface area contributed by atoms with Gasteiger partial charge in [-0.1, -0.05) is 39.8 Å². The van der Waals surface area contributed by atoms with Crippen molar-refractivity contribution in [1.82, 2.24) is 0 Å². The Morgan fingerprint density at radius 3 is 2.33 bits per heavy atom. The van der Waals surface area contributed by atoms with Crippen molar-refractivity contribution in [1.29, 1.82) is 0 Å². The average molecular weight is 325 g/mol. The van der Waals surface area contributed by atoms with E-state index in [9.17, 15) is 9.59 Å². The van der Waals surface area contributed by atoms with Gasteiger partial charge in [0.15, 0.2) is 5.69 Å². The second-order valence-electron chi connectivity index (χ2n) is 7.07. The summed E-state index contributed by atoms with van der Waals surface area (Å²) in [4.78, 5) is 27.3. The van der Waals surface area contributed by atoms with Gasteiger partial charge < -0.3 is 10.6 Å². The van der Waals surface area contributed by atoms with Gasteiger partial charge in [-0.25, -0.2) is 4.85 Å². The van der Waals surface area contributed by atoms with Crippen molar-refractivity contribution in [3.05, 3.63) is 55.6 Å². The van der Waals surface area contributed by atoms with Gasteiger partial charge in [-0.15, -0.1) is 0 Å². The maximum atomic E-state index is 12.0. The lowest BCUT2D eigenvalue weighted by molar-refractivity contribution is 0.359. The maximum Gasteiger partial charge on any atom is 0.253 e. The molecular weight excluding hydrogens is 302 g/mol. The lowest BCUT2D eigenvalue weighted by Crippen LogP contribution is -2.41. The van der Waals surface area contributed by atoms with E-state index in [0.717, 1.165) is 17.7 Å². The first-order valence-corrected chi connectivity index (χ1v) is 8.06. The van der Waals surface area contributed by atoms with Gasteiger partial charge in [-0.05, 0) is 30.4 Å². The summed E-state index contributed by atoms with van der Waals surface area (Å²) in [7, 11) is 0. The van der Waals surface area contributed by atoms with Crippen molar-refractivity contribution < 1.29 is 0 Å². The van der Waals surface area contributed by atoms with E-state index < -0.39 is 10.9 Å². The van der Waals surface area contributed by atoms with E-state index in [1.165, 1.54) is 0 Å². The van der Waals surface area contributed by atoms with Gasteiger partial charge in [0.2, 0.25) is 0 Å². The van der Waals surface area contributed by atoms with Crippen LogP contribution >= 0.6 is 0 Å². The van der Waals surface area contributed by atoms with E-state index in [4.69, 9.17) is 6.57 Å². The molecule has 0 saturated heterocycles. The minimum absolute atomic E-state index is 0.0384. The molecule has 126 valence electrons. The number of hydrogen-bond donors (Lipinski definition) is 2. The molecule has 0 aliphatic heterocycles. The van der Waals surface area contributed by atoms with E-state index in [2.05, 4.69) is 36.2 Å². The van der Waals surface area contributed by atoms with E-state index >= 15 is 0 Å². The van der Waals surface area contributed by atoms with Crippen LogP contribution in [-0.2, 0) is 6.42 Å². The van der Waals surface area contributed by atoms with Crippen molar-refractivity contribution >= 4 is 22.7 Å². The molecule has 24 heavy (non-hydrogen) atoms. The van der Waals surface area contributed by atoms with E-state index in [-0.39, 0.29) is 11.5 Å². The van der Waals surface area contributed by atoms with E-state index in [0.29, 0.717) is 17.1 Å². The minimum Gasteiger partial charge on any atom is -0.377 e. The molecule has 1 unspecified atom stereocenters. The summed E-state index contributed by atoms with van der Waals surface area (Å²) in [5.74, 6) is 0. The Labute approximate surface area is 142 Å². The SMILES string of the molecule is [C-]#[N+]c1ccc(Nc2c(NC(C)C(C)(C)C)c(=O)c2=O)c(CC)c1. The largest absolute Gasteiger partial charge is 0.377 e. The molecule has 0 aliphatic rings. The zero-order chi connectivity index (χ0) is 18.1. The van der Waals surface area contributed by atoms with Crippen LogP contribution in [0.25, 0.3) is 4.85 Å². The second kappa shape index (κ2) is 6.48. The molecule has 5 nitrogen and oxygen atoms in total. The Hall–Kier alpha value is -2.61. The Morgan fingerprint density at radius 1 is 1.17 bits per heavy atom. The monoisotopic (exact) mass is 325 g/mol. The van der Waals surface area contributed by atoms with Crippen LogP contribution < -0.4 is 21.5 Å². The third-order valence-corrected chi connectivity index (χ3v) is 4.43. The zero-order valence-corrected chi connectivity index (χ0v) is 14.8. The topological polar surface area (TPSA) is 62.6 Å². The molecule has 0 heterocycles. The van der Waals surface area contributed by atoms with Crippen LogP contribution in [0, 0.1) is 12.0 Å². The number of aryl methyl sites for hydroxylation is 1. The summed E-state index contributed by atoms with van der Waals surface area (Å²) in [6.07, 6.45) is 0.724. The average Bonchev–Trinajstić information content (AvgIpc) is 2.56. The number of nitrogens with zero attached hydrogens (tertiary/aromatic N) is 1. The van der Waals surface area contributed by atoms with Crippen LogP contribution in [0.5, 0.6) is 0 Å². The highest BCUT2D eigenvalue weighted by atomic mass is 16.2. The van der Waals surface area contributed by atoms with E-state index in [1.807, 2.05) is 13.8 Å². The summed E-state index contributed by atoms with van der Waals surface area (Å²) in [6, 6.07) is 5.31. The fourth-order valence-electron chi connectivity index (χ4n) is 2.28. The minimum atomic E-state index is -0.505. The van der Waals surface area contributed by atoms with Crippen molar-refractivity contribution in [2.75, 3.05) is 10.6 Å². The number of rotatable bonds is 5. The molecule has 0 aliphatic carbocycles. The van der Waals surface area contributed by atoms with Crippen molar-refractivity contribution in [2.24, 2.45) is 5.41 Å². The van der Waals surface area contributed by atoms with Gasteiger partial charge in [0, 0.05) is 11.7 Å². The van der Waals surface area contributed by atoms with Crippen LogP contribution in [0.15, 0.2) is 27.8 Å². The molecule has 1 atom stereocenters. The first kappa shape index (κ1) is 17.7. The van der Waals surface area contributed by atoms with Gasteiger partial charge in [-0.2, -0.15) is 0 Å². The molecule has 0 bridgehead atoms. The van der Waals surface area contributed by atoms with Crippen LogP contribution in [-0.4, -0.2) is 6.04 Å². The maximum absolute atomic E-state index is 12.0. The summed E-state index contributed by atoms with van der Waals surface area (Å²) in [5, 5.41) is 6.25. The Bertz CT molecular complexity index is 862. The molecule has 0 saturated carbocycles.